The van der Waals surface area contributed by atoms with Gasteiger partial charge in [-0.1, -0.05) is 58.2 Å². The van der Waals surface area contributed by atoms with E-state index >= 15 is 0 Å². The standard InChI is InChI=1S/C23H34O3.C23H34O2.C12H18O6/c1-17(8-7-9-18(2)11-13-22-23(3,4)26-22)10-12-19-14-20(24-5)16-21(15-19)25-6;1-18(2)9-7-10-19(3)11-8-12-20(4)13-14-21-15-22(24-5)17-23(16-21)25-6;1-10(2)15-6-12(18-10)9(13)8-7(5-14-12)16-11(3,4)17-8/h9-10,14-16,22H,7-8,11-13H2,1-6H3;9,11,13,15-17H,7-8,10,12,14H2,1-6H3;7-8H,5-6H2,1-4H3/b17-10+,18-9+;19-11+,20-13+;/t22-;;7-,8-,12+/m1.1/s1. The van der Waals surface area contributed by atoms with Crippen molar-refractivity contribution in [1.29, 1.82) is 0 Å². The molecule has 0 aliphatic carbocycles. The van der Waals surface area contributed by atoms with Crippen LogP contribution in [0.3, 0.4) is 0 Å². The molecule has 4 atom stereocenters. The Hall–Kier alpha value is -4.23. The summed E-state index contributed by atoms with van der Waals surface area (Å²) in [6.45, 7) is 25.0. The average Bonchev–Trinajstić information content (AvgIpc) is 3.60. The molecule has 1 spiro atoms. The SMILES string of the molecule is CC1(C)O[C@@H]2CO[C@]3(COC(C)(C)O3)C(=O)[C@@H]2O1.COc1cc(C/C=C(\C)CC/C=C(\C)CCC=C(C)C)cc(OC)c1.COc1cc(C/C=C(\C)CC/C=C(\C)CC[C@H]2OC2(C)C)cc(OC)c1. The van der Waals surface area contributed by atoms with Gasteiger partial charge in [-0.3, -0.25) is 4.79 Å². The Bertz CT molecular complexity index is 2090. The minimum Gasteiger partial charge on any atom is -0.497 e. The Morgan fingerprint density at radius 1 is 0.565 bits per heavy atom. The zero-order chi connectivity index (χ0) is 51.0. The summed E-state index contributed by atoms with van der Waals surface area (Å²) in [6.07, 6.45) is 21.9. The van der Waals surface area contributed by atoms with Crippen LogP contribution in [0, 0.1) is 0 Å². The van der Waals surface area contributed by atoms with E-state index in [-0.39, 0.29) is 30.7 Å². The van der Waals surface area contributed by atoms with Crippen molar-refractivity contribution in [3.05, 3.63) is 106 Å². The van der Waals surface area contributed by atoms with Gasteiger partial charge in [-0.2, -0.15) is 0 Å². The number of methoxy groups -OCH3 is 4. The Labute approximate surface area is 415 Å². The molecule has 0 unspecified atom stereocenters. The predicted molar refractivity (Wildman–Crippen MR) is 275 cm³/mol. The second-order valence-corrected chi connectivity index (χ2v) is 20.5. The summed E-state index contributed by atoms with van der Waals surface area (Å²) in [5, 5.41) is 0. The molecule has 0 N–H and O–H groups in total. The van der Waals surface area contributed by atoms with Gasteiger partial charge in [-0.05, 0) is 183 Å². The highest BCUT2D eigenvalue weighted by Gasteiger charge is 2.62. The summed E-state index contributed by atoms with van der Waals surface area (Å²) in [5.41, 5.74) is 9.74. The van der Waals surface area contributed by atoms with Gasteiger partial charge in [0.05, 0.1) is 46.8 Å². The largest absolute Gasteiger partial charge is 0.497 e. The molecule has 4 aliphatic rings. The third kappa shape index (κ3) is 19.1. The third-order valence-corrected chi connectivity index (χ3v) is 12.6. The molecule has 384 valence electrons. The number of carbonyl (C=O) groups is 1. The lowest BCUT2D eigenvalue weighted by Crippen LogP contribution is -2.58. The van der Waals surface area contributed by atoms with Gasteiger partial charge >= 0.3 is 0 Å². The van der Waals surface area contributed by atoms with Crippen LogP contribution in [-0.4, -0.2) is 88.7 Å². The van der Waals surface area contributed by atoms with E-state index in [2.05, 4.69) is 110 Å². The van der Waals surface area contributed by atoms with Crippen LogP contribution in [0.2, 0.25) is 0 Å². The number of Topliss-reactive ketones (excluding diaryl/α,β-unsaturated/α-hetero) is 1. The normalized spacial score (nSPS) is 23.5. The topological polar surface area (TPSA) is 113 Å². The first-order valence-electron chi connectivity index (χ1n) is 24.8. The smallest absolute Gasteiger partial charge is 0.258 e. The van der Waals surface area contributed by atoms with Gasteiger partial charge in [0.2, 0.25) is 5.78 Å². The van der Waals surface area contributed by atoms with E-state index in [1.165, 1.54) is 39.0 Å². The minimum atomic E-state index is -1.34. The minimum absolute atomic E-state index is 0.0891. The summed E-state index contributed by atoms with van der Waals surface area (Å²) in [6, 6.07) is 12.1. The fourth-order valence-corrected chi connectivity index (χ4v) is 8.34. The van der Waals surface area contributed by atoms with Gasteiger partial charge in [0.1, 0.15) is 35.7 Å². The first-order chi connectivity index (χ1) is 32.5. The van der Waals surface area contributed by atoms with E-state index in [1.54, 1.807) is 56.1 Å². The molecule has 4 saturated heterocycles. The summed E-state index contributed by atoms with van der Waals surface area (Å²) < 4.78 is 54.9. The van der Waals surface area contributed by atoms with Crippen LogP contribution in [0.1, 0.15) is 146 Å². The second-order valence-electron chi connectivity index (χ2n) is 20.5. The van der Waals surface area contributed by atoms with Crippen LogP contribution in [-0.2, 0) is 46.1 Å². The van der Waals surface area contributed by atoms with Crippen molar-refractivity contribution < 1.29 is 52.2 Å². The van der Waals surface area contributed by atoms with Gasteiger partial charge in [-0.25, -0.2) is 0 Å². The molecular weight excluding hydrogens is 873 g/mol. The molecule has 4 heterocycles. The number of ether oxygens (including phenoxy) is 10. The molecule has 0 amide bonds. The van der Waals surface area contributed by atoms with Crippen LogP contribution in [0.25, 0.3) is 0 Å². The van der Waals surface area contributed by atoms with Crippen LogP contribution >= 0.6 is 0 Å². The zero-order valence-corrected chi connectivity index (χ0v) is 45.1. The number of hydrogen-bond acceptors (Lipinski definition) is 11. The van der Waals surface area contributed by atoms with E-state index in [4.69, 9.17) is 47.4 Å². The molecule has 4 aliphatic heterocycles. The zero-order valence-electron chi connectivity index (χ0n) is 45.1. The van der Waals surface area contributed by atoms with E-state index in [0.717, 1.165) is 87.2 Å². The van der Waals surface area contributed by atoms with E-state index in [9.17, 15) is 4.79 Å². The first-order valence-corrected chi connectivity index (χ1v) is 24.8. The number of benzene rings is 2. The van der Waals surface area contributed by atoms with Gasteiger partial charge in [0, 0.05) is 12.1 Å². The van der Waals surface area contributed by atoms with E-state index < -0.39 is 23.5 Å². The Morgan fingerprint density at radius 2 is 1.00 bits per heavy atom. The second kappa shape index (κ2) is 26.3. The van der Waals surface area contributed by atoms with Crippen molar-refractivity contribution in [2.24, 2.45) is 0 Å². The maximum Gasteiger partial charge on any atom is 0.258 e. The predicted octanol–water partition coefficient (Wildman–Crippen LogP) is 13.1. The van der Waals surface area contributed by atoms with E-state index in [1.807, 2.05) is 12.1 Å². The number of allylic oxidation sites excluding steroid dienone is 10. The first kappa shape index (κ1) is 57.3. The number of hydrogen-bond donors (Lipinski definition) is 0. The molecule has 2 aromatic rings. The third-order valence-electron chi connectivity index (χ3n) is 12.6. The number of fused-ring (bicyclic) bond motifs is 1. The van der Waals surface area contributed by atoms with Crippen LogP contribution in [0.5, 0.6) is 23.0 Å². The molecule has 0 saturated carbocycles. The van der Waals surface area contributed by atoms with Crippen molar-refractivity contribution in [2.45, 2.75) is 189 Å². The fourth-order valence-electron chi connectivity index (χ4n) is 8.34. The molecule has 0 aromatic heterocycles. The van der Waals surface area contributed by atoms with Crippen molar-refractivity contribution in [1.82, 2.24) is 0 Å². The molecule has 6 rings (SSSR count). The molecule has 11 heteroatoms. The van der Waals surface area contributed by atoms with Crippen molar-refractivity contribution in [3.8, 4) is 23.0 Å². The number of rotatable bonds is 20. The summed E-state index contributed by atoms with van der Waals surface area (Å²) in [7, 11) is 6.74. The van der Waals surface area contributed by atoms with Gasteiger partial charge in [-0.15, -0.1) is 0 Å². The van der Waals surface area contributed by atoms with Crippen molar-refractivity contribution in [3.63, 3.8) is 0 Å². The van der Waals surface area contributed by atoms with Crippen LogP contribution < -0.4 is 18.9 Å². The highest BCUT2D eigenvalue weighted by Crippen LogP contribution is 2.42. The van der Waals surface area contributed by atoms with Gasteiger partial charge in [0.25, 0.3) is 5.79 Å². The number of ketones is 1. The van der Waals surface area contributed by atoms with Crippen molar-refractivity contribution in [2.75, 3.05) is 41.7 Å². The lowest BCUT2D eigenvalue weighted by Gasteiger charge is -2.35. The Morgan fingerprint density at radius 3 is 1.41 bits per heavy atom. The highest BCUT2D eigenvalue weighted by molar-refractivity contribution is 5.92. The number of epoxide rings is 1. The van der Waals surface area contributed by atoms with Gasteiger partial charge < -0.3 is 47.4 Å². The lowest BCUT2D eigenvalue weighted by atomic mass is 9.99. The van der Waals surface area contributed by atoms with Crippen LogP contribution in [0.15, 0.2) is 94.6 Å². The molecule has 2 aromatic carbocycles. The maximum absolute atomic E-state index is 12.5. The fraction of sp³-hybridized carbons (Fsp3) is 0.603. The molecule has 69 heavy (non-hydrogen) atoms. The molecule has 0 radical (unpaired) electrons. The summed E-state index contributed by atoms with van der Waals surface area (Å²) >= 11 is 0. The highest BCUT2D eigenvalue weighted by atomic mass is 16.8. The molecule has 4 fully saturated rings. The molecular formula is C58H86O11. The Kier molecular flexibility index (Phi) is 21.8. The summed E-state index contributed by atoms with van der Waals surface area (Å²) in [4.78, 5) is 12.5. The monoisotopic (exact) mass is 959 g/mol. The maximum atomic E-state index is 12.5. The van der Waals surface area contributed by atoms with Gasteiger partial charge in [0.15, 0.2) is 17.7 Å². The average molecular weight is 959 g/mol. The molecule has 0 bridgehead atoms. The van der Waals surface area contributed by atoms with Crippen LogP contribution in [0.4, 0.5) is 0 Å². The quantitative estimate of drug-likeness (QED) is 0.0934. The van der Waals surface area contributed by atoms with E-state index in [0.29, 0.717) is 6.10 Å². The van der Waals surface area contributed by atoms with Crippen molar-refractivity contribution >= 4 is 5.78 Å². The number of carbonyl (C=O) groups excluding carboxylic acids is 1. The Balaban J connectivity index is 0.000000229. The lowest BCUT2D eigenvalue weighted by molar-refractivity contribution is -0.263. The molecule has 11 nitrogen and oxygen atoms in total. The summed E-state index contributed by atoms with van der Waals surface area (Å²) in [5.74, 6) is 0.181.